The van der Waals surface area contributed by atoms with Gasteiger partial charge in [-0.1, -0.05) is 29.0 Å². The van der Waals surface area contributed by atoms with Crippen LogP contribution in [0.3, 0.4) is 0 Å². The molecule has 2 rings (SSSR count). The third-order valence-electron chi connectivity index (χ3n) is 2.41. The van der Waals surface area contributed by atoms with Crippen LogP contribution in [0.2, 0.25) is 0 Å². The van der Waals surface area contributed by atoms with E-state index >= 15 is 0 Å². The molecule has 1 heterocycles. The van der Waals surface area contributed by atoms with Crippen molar-refractivity contribution in [2.24, 2.45) is 0 Å². The maximum absolute atomic E-state index is 12.0. The van der Waals surface area contributed by atoms with Crippen LogP contribution < -0.4 is 5.32 Å². The summed E-state index contributed by atoms with van der Waals surface area (Å²) >= 11 is 1.21. The van der Waals surface area contributed by atoms with Crippen LogP contribution in [0.25, 0.3) is 6.08 Å². The van der Waals surface area contributed by atoms with Gasteiger partial charge in [0.1, 0.15) is 0 Å². The van der Waals surface area contributed by atoms with Crippen LogP contribution in [-0.4, -0.2) is 22.0 Å². The number of nitrogens with one attached hydrogen (secondary N) is 1. The molecular formula is C14H12N2O3S. The van der Waals surface area contributed by atoms with E-state index in [0.29, 0.717) is 15.6 Å². The number of aromatic nitrogens is 1. The molecular weight excluding hydrogens is 276 g/mol. The number of hydrogen-bond acceptors (Lipinski definition) is 4. The summed E-state index contributed by atoms with van der Waals surface area (Å²) in [6.45, 7) is 1.91. The van der Waals surface area contributed by atoms with Crippen molar-refractivity contribution in [3.05, 3.63) is 52.5 Å². The minimum Gasteiger partial charge on any atom is -0.478 e. The maximum Gasteiger partial charge on any atom is 0.328 e. The van der Waals surface area contributed by atoms with Crippen molar-refractivity contribution in [3.63, 3.8) is 0 Å². The summed E-state index contributed by atoms with van der Waals surface area (Å²) in [6, 6.07) is 7.23. The molecule has 0 saturated heterocycles. The van der Waals surface area contributed by atoms with Crippen LogP contribution in [0.15, 0.2) is 36.5 Å². The fourth-order valence-electron chi connectivity index (χ4n) is 1.53. The second-order valence-electron chi connectivity index (χ2n) is 4.06. The number of aryl methyl sites for hydroxylation is 1. The Morgan fingerprint density at radius 3 is 2.90 bits per heavy atom. The van der Waals surface area contributed by atoms with E-state index < -0.39 is 5.97 Å². The summed E-state index contributed by atoms with van der Waals surface area (Å²) in [6.07, 6.45) is 3.97. The number of anilines is 1. The molecule has 1 aromatic carbocycles. The number of carboxylic acid groups (broad SMARTS) is 1. The Balaban J connectivity index is 2.07. The van der Waals surface area contributed by atoms with Crippen molar-refractivity contribution in [2.75, 3.05) is 5.32 Å². The number of rotatable bonds is 4. The predicted octanol–water partition coefficient (Wildman–Crippen LogP) is 2.80. The summed E-state index contributed by atoms with van der Waals surface area (Å²) in [5.74, 6) is -1.26. The average Bonchev–Trinajstić information content (AvgIpc) is 2.84. The third kappa shape index (κ3) is 3.76. The number of nitrogens with zero attached hydrogens (tertiary/aromatic N) is 1. The Kier molecular flexibility index (Phi) is 4.27. The van der Waals surface area contributed by atoms with Crippen molar-refractivity contribution in [1.29, 1.82) is 0 Å². The number of benzene rings is 1. The molecule has 2 N–H and O–H groups in total. The lowest BCUT2D eigenvalue weighted by Crippen LogP contribution is -2.11. The number of amides is 1. The fourth-order valence-corrected chi connectivity index (χ4v) is 2.24. The van der Waals surface area contributed by atoms with Gasteiger partial charge in [-0.3, -0.25) is 10.1 Å². The lowest BCUT2D eigenvalue weighted by atomic mass is 10.1. The Morgan fingerprint density at radius 1 is 1.40 bits per heavy atom. The summed E-state index contributed by atoms with van der Waals surface area (Å²) in [5, 5.41) is 11.6. The molecule has 1 amide bonds. The Hall–Kier alpha value is -2.47. The second-order valence-corrected chi connectivity index (χ2v) is 5.13. The van der Waals surface area contributed by atoms with Crippen LogP contribution in [0.4, 0.5) is 5.13 Å². The van der Waals surface area contributed by atoms with Gasteiger partial charge in [0.25, 0.3) is 5.91 Å². The largest absolute Gasteiger partial charge is 0.478 e. The van der Waals surface area contributed by atoms with Gasteiger partial charge in [0, 0.05) is 22.7 Å². The number of carbonyl (C=O) groups excluding carboxylic acids is 1. The first-order chi connectivity index (χ1) is 9.54. The molecule has 0 fully saturated rings. The number of aliphatic carboxylic acids is 1. The average molecular weight is 288 g/mol. The predicted molar refractivity (Wildman–Crippen MR) is 77.9 cm³/mol. The summed E-state index contributed by atoms with van der Waals surface area (Å²) in [5.41, 5.74) is 1.56. The number of thiazole rings is 1. The highest BCUT2D eigenvalue weighted by Crippen LogP contribution is 2.20. The molecule has 102 valence electrons. The summed E-state index contributed by atoms with van der Waals surface area (Å²) < 4.78 is 0. The minimum absolute atomic E-state index is 0.239. The first-order valence-corrected chi connectivity index (χ1v) is 6.61. The van der Waals surface area contributed by atoms with Gasteiger partial charge in [0.05, 0.1) is 0 Å². The molecule has 6 heteroatoms. The quantitative estimate of drug-likeness (QED) is 0.848. The fraction of sp³-hybridized carbons (Fsp3) is 0.0714. The van der Waals surface area contributed by atoms with Crippen LogP contribution in [-0.2, 0) is 4.79 Å². The lowest BCUT2D eigenvalue weighted by Gasteiger charge is -2.02. The van der Waals surface area contributed by atoms with E-state index in [1.165, 1.54) is 23.6 Å². The van der Waals surface area contributed by atoms with Gasteiger partial charge in [0.15, 0.2) is 5.13 Å². The van der Waals surface area contributed by atoms with Crippen LogP contribution in [0, 0.1) is 6.92 Å². The minimum atomic E-state index is -1.02. The highest BCUT2D eigenvalue weighted by Gasteiger charge is 2.08. The summed E-state index contributed by atoms with van der Waals surface area (Å²) in [4.78, 5) is 27.1. The maximum atomic E-state index is 12.0. The van der Waals surface area contributed by atoms with Crippen molar-refractivity contribution in [2.45, 2.75) is 6.92 Å². The molecule has 0 atom stereocenters. The van der Waals surface area contributed by atoms with Crippen molar-refractivity contribution in [1.82, 2.24) is 4.98 Å². The Morgan fingerprint density at radius 2 is 2.20 bits per heavy atom. The van der Waals surface area contributed by atoms with Crippen molar-refractivity contribution < 1.29 is 14.7 Å². The Labute approximate surface area is 119 Å². The van der Waals surface area contributed by atoms with E-state index in [9.17, 15) is 9.59 Å². The molecule has 5 nitrogen and oxygen atoms in total. The van der Waals surface area contributed by atoms with Gasteiger partial charge in [-0.25, -0.2) is 9.78 Å². The summed E-state index contributed by atoms with van der Waals surface area (Å²) in [7, 11) is 0. The van der Waals surface area contributed by atoms with Gasteiger partial charge in [-0.2, -0.15) is 0 Å². The smallest absolute Gasteiger partial charge is 0.328 e. The number of carboxylic acids is 1. The van der Waals surface area contributed by atoms with Gasteiger partial charge < -0.3 is 5.11 Å². The molecule has 0 aliphatic carbocycles. The molecule has 1 aromatic heterocycles. The molecule has 0 unspecified atom stereocenters. The number of carbonyl (C=O) groups is 2. The molecule has 0 bridgehead atoms. The molecule has 0 spiro atoms. The van der Waals surface area contributed by atoms with E-state index in [4.69, 9.17) is 5.11 Å². The van der Waals surface area contributed by atoms with Gasteiger partial charge in [0.2, 0.25) is 0 Å². The molecule has 2 aromatic rings. The Bertz CT molecular complexity index is 677. The zero-order valence-corrected chi connectivity index (χ0v) is 11.5. The molecule has 0 radical (unpaired) electrons. The van der Waals surface area contributed by atoms with Crippen molar-refractivity contribution in [3.8, 4) is 0 Å². The first kappa shape index (κ1) is 14.0. The SMILES string of the molecule is Cc1cccc(C(=O)Nc2ncc(C=CC(=O)O)s2)c1. The zero-order valence-electron chi connectivity index (χ0n) is 10.7. The standard InChI is InChI=1S/C14H12N2O3S/c1-9-3-2-4-10(7-9)13(19)16-14-15-8-11(20-14)5-6-12(17)18/h2-8H,1H3,(H,17,18)(H,15,16,19). The van der Waals surface area contributed by atoms with E-state index in [2.05, 4.69) is 10.3 Å². The molecule has 20 heavy (non-hydrogen) atoms. The van der Waals surface area contributed by atoms with E-state index in [-0.39, 0.29) is 5.91 Å². The van der Waals surface area contributed by atoms with Crippen LogP contribution >= 0.6 is 11.3 Å². The molecule has 0 aliphatic rings. The van der Waals surface area contributed by atoms with E-state index in [0.717, 1.165) is 11.6 Å². The van der Waals surface area contributed by atoms with E-state index in [1.54, 1.807) is 12.1 Å². The zero-order chi connectivity index (χ0) is 14.5. The number of hydrogen-bond donors (Lipinski definition) is 2. The highest BCUT2D eigenvalue weighted by atomic mass is 32.1. The van der Waals surface area contributed by atoms with Crippen LogP contribution in [0.5, 0.6) is 0 Å². The lowest BCUT2D eigenvalue weighted by molar-refractivity contribution is -0.131. The highest BCUT2D eigenvalue weighted by molar-refractivity contribution is 7.16. The first-order valence-electron chi connectivity index (χ1n) is 5.79. The second kappa shape index (κ2) is 6.12. The monoisotopic (exact) mass is 288 g/mol. The van der Waals surface area contributed by atoms with E-state index in [1.807, 2.05) is 19.1 Å². The molecule has 0 aliphatic heterocycles. The van der Waals surface area contributed by atoms with Gasteiger partial charge >= 0.3 is 5.97 Å². The van der Waals surface area contributed by atoms with Crippen LogP contribution in [0.1, 0.15) is 20.8 Å². The normalized spacial score (nSPS) is 10.7. The molecule has 0 saturated carbocycles. The third-order valence-corrected chi connectivity index (χ3v) is 3.29. The van der Waals surface area contributed by atoms with Gasteiger partial charge in [-0.05, 0) is 25.1 Å². The van der Waals surface area contributed by atoms with Gasteiger partial charge in [-0.15, -0.1) is 0 Å². The topological polar surface area (TPSA) is 79.3 Å². The van der Waals surface area contributed by atoms with Crippen molar-refractivity contribution >= 4 is 34.4 Å².